The fourth-order valence-electron chi connectivity index (χ4n) is 1.81. The van der Waals surface area contributed by atoms with Gasteiger partial charge in [0.2, 0.25) is 0 Å². The molecule has 1 unspecified atom stereocenters. The van der Waals surface area contributed by atoms with Crippen LogP contribution in [0.1, 0.15) is 38.7 Å². The molecule has 0 bridgehead atoms. The highest BCUT2D eigenvalue weighted by Gasteiger charge is 2.16. The second-order valence-electron chi connectivity index (χ2n) is 4.10. The van der Waals surface area contributed by atoms with Gasteiger partial charge in [-0.05, 0) is 43.6 Å². The Labute approximate surface area is 114 Å². The average Bonchev–Trinajstić information content (AvgIpc) is 2.33. The predicted octanol–water partition coefficient (Wildman–Crippen LogP) is 4.05. The number of rotatable bonds is 7. The smallest absolute Gasteiger partial charge is 0.164 e. The summed E-state index contributed by atoms with van der Waals surface area (Å²) in [7, 11) is 0. The molecule has 1 atom stereocenters. The molecule has 0 aromatic heterocycles. The summed E-state index contributed by atoms with van der Waals surface area (Å²) in [5.74, 6) is 1.70. The van der Waals surface area contributed by atoms with Gasteiger partial charge in [-0.3, -0.25) is 0 Å². The molecule has 0 heterocycles. The minimum absolute atomic E-state index is 0.123. The summed E-state index contributed by atoms with van der Waals surface area (Å²) in [6.45, 7) is 6.78. The summed E-state index contributed by atoms with van der Waals surface area (Å²) in [6, 6.07) is 3.16. The molecule has 0 saturated heterocycles. The topological polar surface area (TPSA) is 18.5 Å². The van der Waals surface area contributed by atoms with Gasteiger partial charge in [0.25, 0.3) is 0 Å². The van der Waals surface area contributed by atoms with Gasteiger partial charge in [0.15, 0.2) is 11.5 Å². The largest absolute Gasteiger partial charge is 0.490 e. The monoisotopic (exact) mass is 272 g/mol. The maximum atomic E-state index is 14.0. The molecule has 0 amide bonds. The van der Waals surface area contributed by atoms with Crippen LogP contribution in [0.3, 0.4) is 0 Å². The van der Waals surface area contributed by atoms with Crippen LogP contribution in [0.4, 0.5) is 4.39 Å². The number of benzene rings is 1. The molecule has 0 spiro atoms. The van der Waals surface area contributed by atoms with Crippen molar-refractivity contribution < 1.29 is 13.9 Å². The second kappa shape index (κ2) is 7.52. The van der Waals surface area contributed by atoms with E-state index in [2.05, 4.69) is 12.6 Å². The van der Waals surface area contributed by atoms with E-state index >= 15 is 0 Å². The second-order valence-corrected chi connectivity index (χ2v) is 4.55. The van der Waals surface area contributed by atoms with Crippen molar-refractivity contribution in [1.29, 1.82) is 0 Å². The molecule has 102 valence electrons. The number of ether oxygens (including phenoxy) is 2. The predicted molar refractivity (Wildman–Crippen MR) is 75.6 cm³/mol. The van der Waals surface area contributed by atoms with Crippen molar-refractivity contribution in [2.75, 3.05) is 19.0 Å². The van der Waals surface area contributed by atoms with Crippen LogP contribution in [0, 0.1) is 5.82 Å². The molecule has 0 aliphatic heterocycles. The molecule has 4 heteroatoms. The molecule has 0 aliphatic rings. The van der Waals surface area contributed by atoms with Crippen molar-refractivity contribution >= 4 is 12.6 Å². The van der Waals surface area contributed by atoms with Crippen LogP contribution in [0.5, 0.6) is 11.5 Å². The van der Waals surface area contributed by atoms with Gasteiger partial charge in [-0.1, -0.05) is 6.92 Å². The van der Waals surface area contributed by atoms with E-state index in [1.807, 2.05) is 20.8 Å². The standard InChI is InChI=1S/C14H21FO2S/c1-4-16-13-8-11(10(3)6-7-18)12(15)9-14(13)17-5-2/h8-10,18H,4-7H2,1-3H3. The van der Waals surface area contributed by atoms with Crippen molar-refractivity contribution in [2.24, 2.45) is 0 Å². The highest BCUT2D eigenvalue weighted by molar-refractivity contribution is 7.80. The van der Waals surface area contributed by atoms with Crippen LogP contribution >= 0.6 is 12.6 Å². The molecule has 0 aliphatic carbocycles. The third kappa shape index (κ3) is 3.80. The summed E-state index contributed by atoms with van der Waals surface area (Å²) in [4.78, 5) is 0. The lowest BCUT2D eigenvalue weighted by atomic mass is 9.97. The van der Waals surface area contributed by atoms with E-state index in [4.69, 9.17) is 9.47 Å². The van der Waals surface area contributed by atoms with Gasteiger partial charge < -0.3 is 9.47 Å². The summed E-state index contributed by atoms with van der Waals surface area (Å²) in [5, 5.41) is 0. The number of hydrogen-bond acceptors (Lipinski definition) is 3. The van der Waals surface area contributed by atoms with E-state index in [1.165, 1.54) is 6.07 Å². The van der Waals surface area contributed by atoms with Gasteiger partial charge in [0.1, 0.15) is 5.82 Å². The lowest BCUT2D eigenvalue weighted by Crippen LogP contribution is -2.04. The zero-order valence-corrected chi connectivity index (χ0v) is 12.1. The minimum Gasteiger partial charge on any atom is -0.490 e. The Balaban J connectivity index is 3.09. The van der Waals surface area contributed by atoms with E-state index in [9.17, 15) is 4.39 Å². The molecule has 1 rings (SSSR count). The normalized spacial score (nSPS) is 12.3. The lowest BCUT2D eigenvalue weighted by molar-refractivity contribution is 0.285. The van der Waals surface area contributed by atoms with Crippen LogP contribution in [0.25, 0.3) is 0 Å². The summed E-state index contributed by atoms with van der Waals surface area (Å²) in [6.07, 6.45) is 0.833. The van der Waals surface area contributed by atoms with Crippen molar-refractivity contribution in [3.05, 3.63) is 23.5 Å². The molecule has 2 nitrogen and oxygen atoms in total. The first kappa shape index (κ1) is 15.2. The van der Waals surface area contributed by atoms with Crippen LogP contribution < -0.4 is 9.47 Å². The van der Waals surface area contributed by atoms with E-state index in [-0.39, 0.29) is 11.7 Å². The Morgan fingerprint density at radius 1 is 1.17 bits per heavy atom. The van der Waals surface area contributed by atoms with E-state index < -0.39 is 0 Å². The lowest BCUT2D eigenvalue weighted by Gasteiger charge is -2.16. The van der Waals surface area contributed by atoms with Crippen molar-refractivity contribution in [2.45, 2.75) is 33.1 Å². The fraction of sp³-hybridized carbons (Fsp3) is 0.571. The quantitative estimate of drug-likeness (QED) is 0.755. The van der Waals surface area contributed by atoms with E-state index in [0.29, 0.717) is 30.3 Å². The van der Waals surface area contributed by atoms with Gasteiger partial charge in [-0.15, -0.1) is 0 Å². The Hall–Kier alpha value is -0.900. The Morgan fingerprint density at radius 3 is 2.22 bits per heavy atom. The highest BCUT2D eigenvalue weighted by atomic mass is 32.1. The zero-order chi connectivity index (χ0) is 13.5. The summed E-state index contributed by atoms with van der Waals surface area (Å²) < 4.78 is 24.9. The van der Waals surface area contributed by atoms with Gasteiger partial charge in [0.05, 0.1) is 13.2 Å². The molecule has 1 aromatic carbocycles. The maximum absolute atomic E-state index is 14.0. The Bertz CT molecular complexity index is 382. The SMILES string of the molecule is CCOc1cc(F)c(C(C)CCS)cc1OCC. The van der Waals surface area contributed by atoms with Gasteiger partial charge in [-0.2, -0.15) is 12.6 Å². The molecule has 0 N–H and O–H groups in total. The van der Waals surface area contributed by atoms with Crippen LogP contribution in [0.15, 0.2) is 12.1 Å². The van der Waals surface area contributed by atoms with E-state index in [1.54, 1.807) is 6.07 Å². The van der Waals surface area contributed by atoms with Crippen molar-refractivity contribution in [3.8, 4) is 11.5 Å². The van der Waals surface area contributed by atoms with Gasteiger partial charge in [0, 0.05) is 6.07 Å². The fourth-order valence-corrected chi connectivity index (χ4v) is 2.20. The van der Waals surface area contributed by atoms with Crippen molar-refractivity contribution in [3.63, 3.8) is 0 Å². The number of hydrogen-bond donors (Lipinski definition) is 1. The third-order valence-corrected chi connectivity index (χ3v) is 3.01. The number of thiol groups is 1. The minimum atomic E-state index is -0.240. The first-order valence-electron chi connectivity index (χ1n) is 6.33. The van der Waals surface area contributed by atoms with Crippen molar-refractivity contribution in [1.82, 2.24) is 0 Å². The molecule has 0 saturated carbocycles. The van der Waals surface area contributed by atoms with Crippen LogP contribution in [0.2, 0.25) is 0 Å². The molecule has 1 aromatic rings. The first-order valence-corrected chi connectivity index (χ1v) is 6.97. The van der Waals surface area contributed by atoms with Gasteiger partial charge >= 0.3 is 0 Å². The van der Waals surface area contributed by atoms with Crippen LogP contribution in [-0.2, 0) is 0 Å². The third-order valence-electron chi connectivity index (χ3n) is 2.76. The summed E-state index contributed by atoms with van der Waals surface area (Å²) in [5.41, 5.74) is 0.663. The highest BCUT2D eigenvalue weighted by Crippen LogP contribution is 2.34. The maximum Gasteiger partial charge on any atom is 0.164 e. The average molecular weight is 272 g/mol. The number of halogens is 1. The first-order chi connectivity index (χ1) is 8.63. The molecular weight excluding hydrogens is 251 g/mol. The molecule has 0 fully saturated rings. The summed E-state index contributed by atoms with van der Waals surface area (Å²) >= 11 is 4.19. The molecule has 0 radical (unpaired) electrons. The molecular formula is C14H21FO2S. The van der Waals surface area contributed by atoms with E-state index in [0.717, 1.165) is 12.2 Å². The van der Waals surface area contributed by atoms with Gasteiger partial charge in [-0.25, -0.2) is 4.39 Å². The zero-order valence-electron chi connectivity index (χ0n) is 11.2. The van der Waals surface area contributed by atoms with Crippen LogP contribution in [-0.4, -0.2) is 19.0 Å². The Kier molecular flexibility index (Phi) is 6.33. The Morgan fingerprint density at radius 2 is 1.72 bits per heavy atom. The molecule has 18 heavy (non-hydrogen) atoms.